The van der Waals surface area contributed by atoms with E-state index in [-0.39, 0.29) is 24.1 Å². The van der Waals surface area contributed by atoms with Gasteiger partial charge in [-0.15, -0.1) is 0 Å². The number of hydrogen-bond donors (Lipinski definition) is 2. The highest BCUT2D eigenvalue weighted by molar-refractivity contribution is 6.33. The van der Waals surface area contributed by atoms with Crippen molar-refractivity contribution >= 4 is 40.7 Å². The minimum absolute atomic E-state index is 0.00881. The Balaban J connectivity index is 1.50. The van der Waals surface area contributed by atoms with Gasteiger partial charge in [0.05, 0.1) is 35.8 Å². The molecule has 1 saturated heterocycles. The topological polar surface area (TPSA) is 87.7 Å². The zero-order valence-electron chi connectivity index (χ0n) is 19.3. The minimum atomic E-state index is -0.566. The van der Waals surface area contributed by atoms with Crippen LogP contribution in [0.15, 0.2) is 72.8 Å². The first-order valence-corrected chi connectivity index (χ1v) is 11.7. The van der Waals surface area contributed by atoms with Crippen LogP contribution in [0.2, 0.25) is 5.02 Å². The van der Waals surface area contributed by atoms with Gasteiger partial charge < -0.3 is 20.3 Å². The number of carbonyl (C=O) groups is 3. The second kappa shape index (κ2) is 11.1. The first-order chi connectivity index (χ1) is 17.0. The summed E-state index contributed by atoms with van der Waals surface area (Å²) >= 11 is 6.18. The summed E-state index contributed by atoms with van der Waals surface area (Å²) in [5.74, 6) is -0.0892. The van der Waals surface area contributed by atoms with Crippen LogP contribution in [0.25, 0.3) is 0 Å². The number of carbonyl (C=O) groups excluding carboxylic acids is 3. The molecule has 180 valence electrons. The molecule has 1 unspecified atom stereocenters. The summed E-state index contributed by atoms with van der Waals surface area (Å²) in [6.45, 7) is 0.644. The lowest BCUT2D eigenvalue weighted by Gasteiger charge is -2.21. The number of amides is 3. The molecule has 1 atom stereocenters. The van der Waals surface area contributed by atoms with Gasteiger partial charge in [0, 0.05) is 24.7 Å². The monoisotopic (exact) mass is 491 g/mol. The lowest BCUT2D eigenvalue weighted by atomic mass is 10.0. The number of nitrogens with zero attached hydrogens (tertiary/aromatic N) is 1. The first kappa shape index (κ1) is 24.3. The third-order valence-corrected chi connectivity index (χ3v) is 6.17. The van der Waals surface area contributed by atoms with Crippen LogP contribution < -0.4 is 20.3 Å². The summed E-state index contributed by atoms with van der Waals surface area (Å²) in [4.78, 5) is 39.7. The van der Waals surface area contributed by atoms with Gasteiger partial charge in [0.25, 0.3) is 5.91 Å². The van der Waals surface area contributed by atoms with Crippen LogP contribution in [0.4, 0.5) is 11.4 Å². The molecule has 1 aliphatic heterocycles. The standard InChI is InChI=1S/C27H26ClN3O4/c1-35-24-16-19(13-14-23(24)31-15-7-12-26(31)33)29-25(32)17-22(18-8-3-2-4-9-18)30-27(34)20-10-5-6-11-21(20)28/h2-6,8-11,13-14,16,22H,7,12,15,17H2,1H3,(H,29,32)(H,30,34). The van der Waals surface area contributed by atoms with Crippen molar-refractivity contribution in [3.63, 3.8) is 0 Å². The average Bonchev–Trinajstić information content (AvgIpc) is 3.29. The molecule has 3 aromatic rings. The van der Waals surface area contributed by atoms with E-state index >= 15 is 0 Å². The highest BCUT2D eigenvalue weighted by Crippen LogP contribution is 2.34. The Morgan fingerprint density at radius 1 is 1.06 bits per heavy atom. The maximum atomic E-state index is 13.0. The molecule has 8 heteroatoms. The normalized spacial score (nSPS) is 13.9. The molecule has 0 aromatic heterocycles. The predicted octanol–water partition coefficient (Wildman–Crippen LogP) is 4.98. The molecule has 2 N–H and O–H groups in total. The summed E-state index contributed by atoms with van der Waals surface area (Å²) in [5, 5.41) is 6.14. The molecule has 0 bridgehead atoms. The Morgan fingerprint density at radius 2 is 1.80 bits per heavy atom. The van der Waals surface area contributed by atoms with E-state index in [0.717, 1.165) is 12.0 Å². The van der Waals surface area contributed by atoms with Gasteiger partial charge in [-0.05, 0) is 36.2 Å². The lowest BCUT2D eigenvalue weighted by Crippen LogP contribution is -2.31. The summed E-state index contributed by atoms with van der Waals surface area (Å²) in [6.07, 6.45) is 1.33. The molecule has 1 aliphatic rings. The molecule has 1 heterocycles. The van der Waals surface area contributed by atoms with E-state index in [1.54, 1.807) is 47.4 Å². The van der Waals surface area contributed by atoms with Crippen molar-refractivity contribution < 1.29 is 19.1 Å². The Hall–Kier alpha value is -3.84. The molecule has 3 aromatic carbocycles. The van der Waals surface area contributed by atoms with E-state index in [9.17, 15) is 14.4 Å². The fourth-order valence-corrected chi connectivity index (χ4v) is 4.32. The third kappa shape index (κ3) is 5.81. The van der Waals surface area contributed by atoms with Crippen molar-refractivity contribution in [1.29, 1.82) is 0 Å². The van der Waals surface area contributed by atoms with Gasteiger partial charge in [-0.3, -0.25) is 14.4 Å². The Morgan fingerprint density at radius 3 is 2.49 bits per heavy atom. The largest absolute Gasteiger partial charge is 0.494 e. The highest BCUT2D eigenvalue weighted by atomic mass is 35.5. The van der Waals surface area contributed by atoms with Crippen LogP contribution in [0.3, 0.4) is 0 Å². The van der Waals surface area contributed by atoms with E-state index in [1.807, 2.05) is 30.3 Å². The fourth-order valence-electron chi connectivity index (χ4n) is 4.10. The summed E-state index contributed by atoms with van der Waals surface area (Å²) in [7, 11) is 1.53. The van der Waals surface area contributed by atoms with Crippen molar-refractivity contribution in [1.82, 2.24) is 5.32 Å². The molecule has 4 rings (SSSR count). The van der Waals surface area contributed by atoms with Gasteiger partial charge in [-0.1, -0.05) is 54.1 Å². The highest BCUT2D eigenvalue weighted by Gasteiger charge is 2.25. The lowest BCUT2D eigenvalue weighted by molar-refractivity contribution is -0.117. The number of anilines is 2. The number of ether oxygens (including phenoxy) is 1. The molecule has 0 saturated carbocycles. The van der Waals surface area contributed by atoms with Gasteiger partial charge >= 0.3 is 0 Å². The van der Waals surface area contributed by atoms with E-state index < -0.39 is 6.04 Å². The number of nitrogens with one attached hydrogen (secondary N) is 2. The zero-order valence-corrected chi connectivity index (χ0v) is 20.0. The summed E-state index contributed by atoms with van der Waals surface area (Å²) in [6, 6.07) is 20.7. The predicted molar refractivity (Wildman–Crippen MR) is 136 cm³/mol. The van der Waals surface area contributed by atoms with E-state index in [4.69, 9.17) is 16.3 Å². The maximum Gasteiger partial charge on any atom is 0.253 e. The molecular weight excluding hydrogens is 466 g/mol. The third-order valence-electron chi connectivity index (χ3n) is 5.84. The Labute approximate surface area is 209 Å². The van der Waals surface area contributed by atoms with Crippen molar-refractivity contribution in [3.8, 4) is 5.75 Å². The van der Waals surface area contributed by atoms with Crippen molar-refractivity contribution in [2.24, 2.45) is 0 Å². The molecule has 3 amide bonds. The number of halogens is 1. The van der Waals surface area contributed by atoms with Crippen LogP contribution in [-0.4, -0.2) is 31.4 Å². The van der Waals surface area contributed by atoms with Crippen LogP contribution in [-0.2, 0) is 9.59 Å². The molecular formula is C27H26ClN3O4. The Kier molecular flexibility index (Phi) is 7.67. The number of methoxy groups -OCH3 is 1. The van der Waals surface area contributed by atoms with Gasteiger partial charge in [0.1, 0.15) is 5.75 Å². The summed E-state index contributed by atoms with van der Waals surface area (Å²) < 4.78 is 5.48. The number of hydrogen-bond acceptors (Lipinski definition) is 4. The van der Waals surface area contributed by atoms with Gasteiger partial charge in [0.15, 0.2) is 0 Å². The van der Waals surface area contributed by atoms with Crippen LogP contribution >= 0.6 is 11.6 Å². The van der Waals surface area contributed by atoms with E-state index in [2.05, 4.69) is 10.6 Å². The van der Waals surface area contributed by atoms with Gasteiger partial charge in [0.2, 0.25) is 11.8 Å². The van der Waals surface area contributed by atoms with Crippen molar-refractivity contribution in [3.05, 3.63) is 88.9 Å². The van der Waals surface area contributed by atoms with Crippen LogP contribution in [0.1, 0.15) is 41.2 Å². The zero-order chi connectivity index (χ0) is 24.8. The molecule has 1 fully saturated rings. The minimum Gasteiger partial charge on any atom is -0.494 e. The van der Waals surface area contributed by atoms with Gasteiger partial charge in [-0.2, -0.15) is 0 Å². The number of benzene rings is 3. The van der Waals surface area contributed by atoms with Crippen molar-refractivity contribution in [2.75, 3.05) is 23.9 Å². The quantitative estimate of drug-likeness (QED) is 0.465. The molecule has 0 aliphatic carbocycles. The molecule has 0 radical (unpaired) electrons. The smallest absolute Gasteiger partial charge is 0.253 e. The first-order valence-electron chi connectivity index (χ1n) is 11.3. The van der Waals surface area contributed by atoms with Gasteiger partial charge in [-0.25, -0.2) is 0 Å². The van der Waals surface area contributed by atoms with E-state index in [1.165, 1.54) is 7.11 Å². The Bertz CT molecular complexity index is 1230. The maximum absolute atomic E-state index is 13.0. The SMILES string of the molecule is COc1cc(NC(=O)CC(NC(=O)c2ccccc2Cl)c2ccccc2)ccc1N1CCCC1=O. The molecule has 0 spiro atoms. The van der Waals surface area contributed by atoms with E-state index in [0.29, 0.717) is 40.7 Å². The fraction of sp³-hybridized carbons (Fsp3) is 0.222. The number of rotatable bonds is 8. The van der Waals surface area contributed by atoms with Crippen LogP contribution in [0.5, 0.6) is 5.75 Å². The second-order valence-electron chi connectivity index (χ2n) is 8.20. The molecule has 7 nitrogen and oxygen atoms in total. The average molecular weight is 492 g/mol. The molecule has 35 heavy (non-hydrogen) atoms. The summed E-state index contributed by atoms with van der Waals surface area (Å²) in [5.41, 5.74) is 2.35. The van der Waals surface area contributed by atoms with Crippen molar-refractivity contribution in [2.45, 2.75) is 25.3 Å². The van der Waals surface area contributed by atoms with Crippen LogP contribution in [0, 0.1) is 0 Å². The second-order valence-corrected chi connectivity index (χ2v) is 8.61.